The Bertz CT molecular complexity index is 1490. The highest BCUT2D eigenvalue weighted by Crippen LogP contribution is 2.38. The fourth-order valence-corrected chi connectivity index (χ4v) is 8.61. The first kappa shape index (κ1) is 33.8. The van der Waals surface area contributed by atoms with Crippen LogP contribution in [0.4, 0.5) is 5.00 Å². The van der Waals surface area contributed by atoms with Gasteiger partial charge >= 0.3 is 0 Å². The molecule has 0 spiro atoms. The second-order valence-electron chi connectivity index (χ2n) is 11.3. The van der Waals surface area contributed by atoms with Crippen LogP contribution in [-0.4, -0.2) is 67.1 Å². The zero-order valence-electron chi connectivity index (χ0n) is 26.5. The molecule has 0 radical (unpaired) electrons. The molecule has 8 nitrogen and oxygen atoms in total. The van der Waals surface area contributed by atoms with Crippen LogP contribution in [0.5, 0.6) is 0 Å². The van der Waals surface area contributed by atoms with Crippen molar-refractivity contribution in [3.05, 3.63) is 81.7 Å². The number of carbonyl (C=O) groups excluding carboxylic acids is 2. The van der Waals surface area contributed by atoms with Gasteiger partial charge in [-0.1, -0.05) is 58.0 Å². The Hall–Kier alpha value is -3.05. The van der Waals surface area contributed by atoms with E-state index in [1.165, 1.54) is 33.3 Å². The van der Waals surface area contributed by atoms with Gasteiger partial charge in [0.05, 0.1) is 10.5 Å². The Balaban J connectivity index is 1.61. The number of carbonyl (C=O) groups is 2. The minimum atomic E-state index is -3.65. The van der Waals surface area contributed by atoms with Crippen LogP contribution < -0.4 is 5.32 Å². The number of thiophene rings is 1. The Morgan fingerprint density at radius 2 is 1.48 bits per heavy atom. The summed E-state index contributed by atoms with van der Waals surface area (Å²) in [7, 11) is -3.65. The number of nitrogens with zero attached hydrogens (tertiary/aromatic N) is 3. The molecule has 1 aromatic heterocycles. The average Bonchev–Trinajstić information content (AvgIpc) is 3.37. The van der Waals surface area contributed by atoms with E-state index in [9.17, 15) is 18.0 Å². The van der Waals surface area contributed by atoms with E-state index in [4.69, 9.17) is 0 Å². The molecule has 10 heteroatoms. The van der Waals surface area contributed by atoms with Crippen molar-refractivity contribution >= 4 is 38.2 Å². The fraction of sp³-hybridized carbons (Fsp3) is 0.471. The maximum absolute atomic E-state index is 14.0. The molecular weight excluding hydrogens is 593 g/mol. The van der Waals surface area contributed by atoms with Crippen molar-refractivity contribution in [2.45, 2.75) is 77.8 Å². The molecule has 1 N–H and O–H groups in total. The molecule has 2 amide bonds. The monoisotopic (exact) mass is 638 g/mol. The number of nitrogens with one attached hydrogen (secondary N) is 1. The first-order valence-corrected chi connectivity index (χ1v) is 18.1. The summed E-state index contributed by atoms with van der Waals surface area (Å²) < 4.78 is 27.9. The lowest BCUT2D eigenvalue weighted by Gasteiger charge is -2.28. The quantitative estimate of drug-likeness (QED) is 0.202. The van der Waals surface area contributed by atoms with Gasteiger partial charge in [0.25, 0.3) is 11.8 Å². The minimum absolute atomic E-state index is 0.0357. The van der Waals surface area contributed by atoms with Crippen LogP contribution in [0.3, 0.4) is 0 Å². The van der Waals surface area contributed by atoms with Crippen molar-refractivity contribution in [1.29, 1.82) is 0 Å². The van der Waals surface area contributed by atoms with Gasteiger partial charge in [-0.3, -0.25) is 14.5 Å². The van der Waals surface area contributed by atoms with Crippen molar-refractivity contribution in [3.63, 3.8) is 0 Å². The van der Waals surface area contributed by atoms with E-state index >= 15 is 0 Å². The van der Waals surface area contributed by atoms with E-state index in [1.54, 1.807) is 12.1 Å². The van der Waals surface area contributed by atoms with Crippen LogP contribution >= 0.6 is 11.3 Å². The maximum Gasteiger partial charge on any atom is 0.257 e. The summed E-state index contributed by atoms with van der Waals surface area (Å²) in [5.74, 6) is -0.398. The summed E-state index contributed by atoms with van der Waals surface area (Å²) in [5.41, 5.74) is 3.22. The lowest BCUT2D eigenvalue weighted by molar-refractivity contribution is 0.0755. The molecule has 0 bridgehead atoms. The van der Waals surface area contributed by atoms with Gasteiger partial charge < -0.3 is 10.2 Å². The van der Waals surface area contributed by atoms with Crippen LogP contribution in [-0.2, 0) is 29.5 Å². The summed E-state index contributed by atoms with van der Waals surface area (Å²) in [6.07, 6.45) is 3.90. The number of anilines is 1. The standard InChI is InChI=1S/C34H46N4O4S2/c1-5-19-37(20-6-2)34(40)31-29-18-23-36(24-26-12-10-9-11-13-26)25-30(29)43-33(31)35-32(39)27-14-16-28(17-15-27)44(41,42)38(21-7-3)22-8-4/h9-17H,5-8,18-25H2,1-4H3,(H,35,39). The highest BCUT2D eigenvalue weighted by atomic mass is 32.2. The molecule has 0 saturated heterocycles. The molecule has 0 aliphatic carbocycles. The van der Waals surface area contributed by atoms with Gasteiger partial charge in [-0.15, -0.1) is 11.3 Å². The van der Waals surface area contributed by atoms with Crippen LogP contribution in [0.15, 0.2) is 59.5 Å². The Morgan fingerprint density at radius 3 is 2.07 bits per heavy atom. The predicted octanol–water partition coefficient (Wildman–Crippen LogP) is 6.63. The maximum atomic E-state index is 14.0. The van der Waals surface area contributed by atoms with E-state index in [0.717, 1.165) is 55.6 Å². The van der Waals surface area contributed by atoms with Crippen LogP contribution in [0.2, 0.25) is 0 Å². The Morgan fingerprint density at radius 1 is 0.864 bits per heavy atom. The summed E-state index contributed by atoms with van der Waals surface area (Å²) in [6, 6.07) is 16.5. The van der Waals surface area contributed by atoms with Gasteiger partial charge in [0, 0.05) is 56.3 Å². The normalized spacial score (nSPS) is 13.6. The minimum Gasteiger partial charge on any atom is -0.339 e. The third-order valence-corrected chi connectivity index (χ3v) is 10.8. The van der Waals surface area contributed by atoms with E-state index < -0.39 is 10.0 Å². The summed E-state index contributed by atoms with van der Waals surface area (Å²) >= 11 is 1.48. The molecule has 0 unspecified atom stereocenters. The van der Waals surface area contributed by atoms with Crippen LogP contribution in [0.25, 0.3) is 0 Å². The van der Waals surface area contributed by atoms with Gasteiger partial charge in [-0.2, -0.15) is 4.31 Å². The van der Waals surface area contributed by atoms with Crippen molar-refractivity contribution in [3.8, 4) is 0 Å². The zero-order chi connectivity index (χ0) is 31.7. The summed E-state index contributed by atoms with van der Waals surface area (Å²) in [4.78, 5) is 33.1. The van der Waals surface area contributed by atoms with Gasteiger partial charge in [0.2, 0.25) is 10.0 Å². The fourth-order valence-electron chi connectivity index (χ4n) is 5.71. The van der Waals surface area contributed by atoms with Gasteiger partial charge in [0.15, 0.2) is 0 Å². The van der Waals surface area contributed by atoms with E-state index in [2.05, 4.69) is 36.2 Å². The predicted molar refractivity (Wildman–Crippen MR) is 179 cm³/mol. The van der Waals surface area contributed by atoms with Crippen LogP contribution in [0, 0.1) is 0 Å². The van der Waals surface area contributed by atoms with E-state index in [-0.39, 0.29) is 16.7 Å². The number of amides is 2. The molecule has 3 aromatic rings. The number of benzene rings is 2. The van der Waals surface area contributed by atoms with Crippen LogP contribution in [0.1, 0.15) is 90.1 Å². The lowest BCUT2D eigenvalue weighted by atomic mass is 10.0. The number of rotatable bonds is 15. The second-order valence-corrected chi connectivity index (χ2v) is 14.4. The number of sulfonamides is 1. The smallest absolute Gasteiger partial charge is 0.257 e. The third-order valence-electron chi connectivity index (χ3n) is 7.80. The average molecular weight is 639 g/mol. The van der Waals surface area contributed by atoms with Gasteiger partial charge in [0.1, 0.15) is 5.00 Å². The molecule has 238 valence electrons. The molecule has 44 heavy (non-hydrogen) atoms. The molecule has 2 heterocycles. The van der Waals surface area contributed by atoms with Gasteiger partial charge in [-0.05, 0) is 67.5 Å². The molecule has 1 aliphatic heterocycles. The second kappa shape index (κ2) is 15.8. The number of hydrogen-bond acceptors (Lipinski definition) is 6. The first-order chi connectivity index (χ1) is 21.2. The highest BCUT2D eigenvalue weighted by molar-refractivity contribution is 7.89. The molecule has 0 saturated carbocycles. The SMILES string of the molecule is CCCN(CCC)C(=O)c1c(NC(=O)c2ccc(S(=O)(=O)N(CCC)CCC)cc2)sc2c1CCN(Cc1ccccc1)C2. The van der Waals surface area contributed by atoms with E-state index in [0.29, 0.717) is 48.9 Å². The number of fused-ring (bicyclic) bond motifs is 1. The largest absolute Gasteiger partial charge is 0.339 e. The molecule has 1 aliphatic rings. The summed E-state index contributed by atoms with van der Waals surface area (Å²) in [5, 5.41) is 3.61. The highest BCUT2D eigenvalue weighted by Gasteiger charge is 2.31. The molecule has 0 atom stereocenters. The molecule has 2 aromatic carbocycles. The van der Waals surface area contributed by atoms with E-state index in [1.807, 2.05) is 36.9 Å². The first-order valence-electron chi connectivity index (χ1n) is 15.8. The van der Waals surface area contributed by atoms with Crippen molar-refractivity contribution in [2.24, 2.45) is 0 Å². The number of hydrogen-bond donors (Lipinski definition) is 1. The van der Waals surface area contributed by atoms with Crippen molar-refractivity contribution in [2.75, 3.05) is 38.0 Å². The topological polar surface area (TPSA) is 90.0 Å². The summed E-state index contributed by atoms with van der Waals surface area (Å²) in [6.45, 7) is 12.6. The molecular formula is C34H46N4O4S2. The third kappa shape index (κ3) is 7.96. The molecule has 4 rings (SSSR count). The molecule has 0 fully saturated rings. The Kier molecular flexibility index (Phi) is 12.1. The zero-order valence-corrected chi connectivity index (χ0v) is 28.1. The van der Waals surface area contributed by atoms with Gasteiger partial charge in [-0.25, -0.2) is 8.42 Å². The van der Waals surface area contributed by atoms with Crippen molar-refractivity contribution < 1.29 is 18.0 Å². The van der Waals surface area contributed by atoms with Crippen molar-refractivity contribution in [1.82, 2.24) is 14.1 Å². The Labute approximate surface area is 267 Å². The lowest BCUT2D eigenvalue weighted by Crippen LogP contribution is -2.35.